The second-order valence-electron chi connectivity index (χ2n) is 5.59. The first-order chi connectivity index (χ1) is 10.8. The van der Waals surface area contributed by atoms with E-state index in [2.05, 4.69) is 18.2 Å². The molecule has 5 rings (SSSR count). The zero-order chi connectivity index (χ0) is 14.7. The van der Waals surface area contributed by atoms with Crippen LogP contribution in [-0.2, 0) is 0 Å². The molecule has 2 heteroatoms. The van der Waals surface area contributed by atoms with Gasteiger partial charge in [-0.3, -0.25) is 0 Å². The first-order valence-electron chi connectivity index (χ1n) is 7.27. The number of phenols is 1. The summed E-state index contributed by atoms with van der Waals surface area (Å²) in [6.07, 6.45) is 0. The van der Waals surface area contributed by atoms with Crippen LogP contribution in [0.5, 0.6) is 5.75 Å². The van der Waals surface area contributed by atoms with E-state index in [1.165, 1.54) is 0 Å². The van der Waals surface area contributed by atoms with E-state index in [0.717, 1.165) is 43.5 Å². The third kappa shape index (κ3) is 1.39. The fourth-order valence-electron chi connectivity index (χ4n) is 3.32. The van der Waals surface area contributed by atoms with E-state index in [4.69, 9.17) is 4.42 Å². The first-order valence-corrected chi connectivity index (χ1v) is 7.27. The van der Waals surface area contributed by atoms with Gasteiger partial charge in [0.2, 0.25) is 0 Å². The highest BCUT2D eigenvalue weighted by molar-refractivity contribution is 6.22. The molecule has 0 aliphatic carbocycles. The van der Waals surface area contributed by atoms with Crippen LogP contribution in [0.2, 0.25) is 0 Å². The molecule has 0 saturated carbocycles. The van der Waals surface area contributed by atoms with Crippen LogP contribution in [0, 0.1) is 0 Å². The summed E-state index contributed by atoms with van der Waals surface area (Å²) >= 11 is 0. The summed E-state index contributed by atoms with van der Waals surface area (Å²) in [6, 6.07) is 22.0. The molecule has 0 amide bonds. The molecule has 2 nitrogen and oxygen atoms in total. The molecule has 0 aliphatic heterocycles. The van der Waals surface area contributed by atoms with Crippen LogP contribution in [0.4, 0.5) is 0 Å². The molecule has 0 bridgehead atoms. The van der Waals surface area contributed by atoms with Crippen LogP contribution in [-0.4, -0.2) is 5.11 Å². The Hall–Kier alpha value is -3.00. The molecule has 1 aromatic heterocycles. The van der Waals surface area contributed by atoms with Crippen LogP contribution in [0.3, 0.4) is 0 Å². The number of furan rings is 1. The van der Waals surface area contributed by atoms with E-state index >= 15 is 0 Å². The number of aromatic hydroxyl groups is 1. The van der Waals surface area contributed by atoms with Crippen LogP contribution < -0.4 is 0 Å². The summed E-state index contributed by atoms with van der Waals surface area (Å²) in [4.78, 5) is 0. The molecule has 0 saturated heterocycles. The minimum absolute atomic E-state index is 0.266. The van der Waals surface area contributed by atoms with E-state index in [0.29, 0.717) is 0 Å². The van der Waals surface area contributed by atoms with Crippen molar-refractivity contribution in [2.24, 2.45) is 0 Å². The highest BCUT2D eigenvalue weighted by Crippen LogP contribution is 2.41. The van der Waals surface area contributed by atoms with Crippen LogP contribution >= 0.6 is 0 Å². The number of rotatable bonds is 0. The third-order valence-electron chi connectivity index (χ3n) is 4.33. The van der Waals surface area contributed by atoms with Crippen molar-refractivity contribution in [3.05, 3.63) is 66.7 Å². The number of phenolic OH excluding ortho intramolecular Hbond substituents is 1. The Bertz CT molecular complexity index is 1180. The summed E-state index contributed by atoms with van der Waals surface area (Å²) in [5, 5.41) is 16.4. The molecule has 0 fully saturated rings. The highest BCUT2D eigenvalue weighted by Gasteiger charge is 2.15. The highest BCUT2D eigenvalue weighted by atomic mass is 16.3. The van der Waals surface area contributed by atoms with Gasteiger partial charge in [-0.2, -0.15) is 0 Å². The third-order valence-corrected chi connectivity index (χ3v) is 4.33. The second kappa shape index (κ2) is 4.01. The minimum Gasteiger partial charge on any atom is -0.507 e. The summed E-state index contributed by atoms with van der Waals surface area (Å²) in [5.74, 6) is 0.266. The molecule has 22 heavy (non-hydrogen) atoms. The summed E-state index contributed by atoms with van der Waals surface area (Å²) in [7, 11) is 0. The number of benzene rings is 4. The van der Waals surface area contributed by atoms with Gasteiger partial charge < -0.3 is 9.52 Å². The van der Waals surface area contributed by atoms with Gasteiger partial charge in [-0.25, -0.2) is 0 Å². The van der Waals surface area contributed by atoms with Gasteiger partial charge in [0, 0.05) is 16.2 Å². The lowest BCUT2D eigenvalue weighted by molar-refractivity contribution is 0.482. The Morgan fingerprint density at radius 3 is 2.14 bits per heavy atom. The Balaban J connectivity index is 2.12. The fraction of sp³-hybridized carbons (Fsp3) is 0. The minimum atomic E-state index is 0.266. The zero-order valence-corrected chi connectivity index (χ0v) is 11.7. The SMILES string of the molecule is Oc1cc2ccccc2c2oc3c4ccccc4ccc3c12. The second-order valence-corrected chi connectivity index (χ2v) is 5.59. The largest absolute Gasteiger partial charge is 0.507 e. The molecular formula is C20H12O2. The lowest BCUT2D eigenvalue weighted by atomic mass is 10.0. The lowest BCUT2D eigenvalue weighted by Gasteiger charge is -2.00. The predicted molar refractivity (Wildman–Crippen MR) is 90.4 cm³/mol. The van der Waals surface area contributed by atoms with Crippen molar-refractivity contribution in [1.29, 1.82) is 0 Å². The quantitative estimate of drug-likeness (QED) is 0.401. The number of hydrogen-bond donors (Lipinski definition) is 1. The van der Waals surface area contributed by atoms with E-state index in [9.17, 15) is 5.11 Å². The first kappa shape index (κ1) is 11.6. The molecular weight excluding hydrogens is 272 g/mol. The maximum Gasteiger partial charge on any atom is 0.147 e. The van der Waals surface area contributed by atoms with Gasteiger partial charge in [-0.1, -0.05) is 54.6 Å². The van der Waals surface area contributed by atoms with Crippen molar-refractivity contribution in [1.82, 2.24) is 0 Å². The Kier molecular flexibility index (Phi) is 2.12. The van der Waals surface area contributed by atoms with Gasteiger partial charge in [0.15, 0.2) is 0 Å². The number of hydrogen-bond acceptors (Lipinski definition) is 2. The average molecular weight is 284 g/mol. The standard InChI is InChI=1S/C20H12O2/c21-17-11-13-6-2-4-8-15(13)20-18(17)16-10-9-12-5-1-3-7-14(12)19(16)22-20/h1-11,21H. The van der Waals surface area contributed by atoms with Crippen LogP contribution in [0.25, 0.3) is 43.5 Å². The monoisotopic (exact) mass is 284 g/mol. The summed E-state index contributed by atoms with van der Waals surface area (Å²) in [6.45, 7) is 0. The van der Waals surface area contributed by atoms with Crippen molar-refractivity contribution in [2.75, 3.05) is 0 Å². The van der Waals surface area contributed by atoms with E-state index < -0.39 is 0 Å². The molecule has 1 N–H and O–H groups in total. The Morgan fingerprint density at radius 1 is 0.636 bits per heavy atom. The zero-order valence-electron chi connectivity index (χ0n) is 11.7. The molecule has 0 radical (unpaired) electrons. The van der Waals surface area contributed by atoms with Gasteiger partial charge in [0.25, 0.3) is 0 Å². The van der Waals surface area contributed by atoms with E-state index in [-0.39, 0.29) is 5.75 Å². The molecule has 0 spiro atoms. The molecule has 0 aliphatic rings. The van der Waals surface area contributed by atoms with E-state index in [1.54, 1.807) is 0 Å². The van der Waals surface area contributed by atoms with Crippen molar-refractivity contribution in [3.63, 3.8) is 0 Å². The number of fused-ring (bicyclic) bond motifs is 7. The van der Waals surface area contributed by atoms with Gasteiger partial charge in [-0.05, 0) is 22.9 Å². The summed E-state index contributed by atoms with van der Waals surface area (Å²) < 4.78 is 6.20. The van der Waals surface area contributed by atoms with Crippen molar-refractivity contribution >= 4 is 43.5 Å². The Morgan fingerprint density at radius 2 is 1.32 bits per heavy atom. The van der Waals surface area contributed by atoms with Gasteiger partial charge in [0.1, 0.15) is 16.9 Å². The van der Waals surface area contributed by atoms with Gasteiger partial charge >= 0.3 is 0 Å². The molecule has 104 valence electrons. The van der Waals surface area contributed by atoms with Gasteiger partial charge in [-0.15, -0.1) is 0 Å². The average Bonchev–Trinajstić information content (AvgIpc) is 2.96. The predicted octanol–water partition coefficient (Wildman–Crippen LogP) is 5.60. The van der Waals surface area contributed by atoms with Crippen molar-refractivity contribution in [3.8, 4) is 5.75 Å². The van der Waals surface area contributed by atoms with Crippen molar-refractivity contribution < 1.29 is 9.52 Å². The molecule has 0 atom stereocenters. The maximum atomic E-state index is 10.5. The van der Waals surface area contributed by atoms with Crippen molar-refractivity contribution in [2.45, 2.75) is 0 Å². The topological polar surface area (TPSA) is 33.4 Å². The Labute approximate surface area is 126 Å². The van der Waals surface area contributed by atoms with Crippen LogP contribution in [0.1, 0.15) is 0 Å². The lowest BCUT2D eigenvalue weighted by Crippen LogP contribution is -1.75. The van der Waals surface area contributed by atoms with Gasteiger partial charge in [0.05, 0.1) is 5.39 Å². The molecule has 1 heterocycles. The molecule has 0 unspecified atom stereocenters. The fourth-order valence-corrected chi connectivity index (χ4v) is 3.32. The summed E-state index contributed by atoms with van der Waals surface area (Å²) in [5.41, 5.74) is 1.58. The molecule has 5 aromatic rings. The smallest absolute Gasteiger partial charge is 0.147 e. The normalized spacial score (nSPS) is 11.8. The van der Waals surface area contributed by atoms with Crippen LogP contribution in [0.15, 0.2) is 71.1 Å². The molecule has 4 aromatic carbocycles. The van der Waals surface area contributed by atoms with E-state index in [1.807, 2.05) is 48.5 Å². The maximum absolute atomic E-state index is 10.5.